The number of amidine groups is 1. The molecule has 1 aromatic carbocycles. The first-order valence-corrected chi connectivity index (χ1v) is 7.06. The molecular formula is C13H19BrFN3O. The van der Waals surface area contributed by atoms with Gasteiger partial charge in [0, 0.05) is 18.7 Å². The third-order valence-corrected chi connectivity index (χ3v) is 3.55. The fraction of sp³-hybridized carbons (Fsp3) is 0.462. The molecule has 0 aliphatic rings. The van der Waals surface area contributed by atoms with Crippen molar-refractivity contribution < 1.29 is 9.60 Å². The lowest BCUT2D eigenvalue weighted by molar-refractivity contribution is 0.318. The molecule has 3 N–H and O–H groups in total. The predicted octanol–water partition coefficient (Wildman–Crippen LogP) is 3.31. The highest BCUT2D eigenvalue weighted by Crippen LogP contribution is 2.29. The normalized spacial score (nSPS) is 11.7. The van der Waals surface area contributed by atoms with Gasteiger partial charge in [-0.25, -0.2) is 4.39 Å². The molecule has 0 unspecified atom stereocenters. The van der Waals surface area contributed by atoms with Crippen LogP contribution in [0.5, 0.6) is 0 Å². The molecule has 6 heteroatoms. The Kier molecular flexibility index (Phi) is 6.08. The molecule has 0 aliphatic heterocycles. The molecule has 0 radical (unpaired) electrons. The highest BCUT2D eigenvalue weighted by molar-refractivity contribution is 9.10. The molecule has 0 bridgehead atoms. The Balaban J connectivity index is 3.20. The molecule has 0 fully saturated rings. The Bertz CT molecular complexity index is 459. The third kappa shape index (κ3) is 3.59. The summed E-state index contributed by atoms with van der Waals surface area (Å²) in [4.78, 5) is 2.00. The van der Waals surface area contributed by atoms with Crippen LogP contribution >= 0.6 is 15.9 Å². The largest absolute Gasteiger partial charge is 0.409 e. The number of anilines is 1. The molecule has 19 heavy (non-hydrogen) atoms. The molecule has 0 saturated heterocycles. The van der Waals surface area contributed by atoms with Gasteiger partial charge in [-0.05, 0) is 40.9 Å². The minimum absolute atomic E-state index is 0.116. The highest BCUT2D eigenvalue weighted by atomic mass is 79.9. The standard InChI is InChI=1S/C13H19BrFN3O/c1-3-7-18(8-4-2)10-6-5-9(13(16)17-19)11(14)12(10)15/h5-6,19H,3-4,7-8H2,1-2H3,(H2,16,17). The summed E-state index contributed by atoms with van der Waals surface area (Å²) in [7, 11) is 0. The number of nitrogens with two attached hydrogens (primary N) is 1. The van der Waals surface area contributed by atoms with E-state index in [1.165, 1.54) is 0 Å². The van der Waals surface area contributed by atoms with Crippen LogP contribution in [0.2, 0.25) is 0 Å². The fourth-order valence-electron chi connectivity index (χ4n) is 1.93. The molecule has 1 rings (SSSR count). The summed E-state index contributed by atoms with van der Waals surface area (Å²) in [5.41, 5.74) is 6.37. The minimum Gasteiger partial charge on any atom is -0.409 e. The fourth-order valence-corrected chi connectivity index (χ4v) is 2.47. The van der Waals surface area contributed by atoms with E-state index in [-0.39, 0.29) is 16.1 Å². The highest BCUT2D eigenvalue weighted by Gasteiger charge is 2.17. The lowest BCUT2D eigenvalue weighted by Crippen LogP contribution is -2.26. The van der Waals surface area contributed by atoms with Crippen LogP contribution in [0, 0.1) is 5.82 Å². The lowest BCUT2D eigenvalue weighted by Gasteiger charge is -2.25. The Labute approximate surface area is 121 Å². The minimum atomic E-state index is -0.383. The molecular weight excluding hydrogens is 313 g/mol. The maximum absolute atomic E-state index is 14.4. The number of nitrogens with zero attached hydrogens (tertiary/aromatic N) is 2. The molecule has 0 amide bonds. The Hall–Kier alpha value is -1.30. The van der Waals surface area contributed by atoms with Crippen molar-refractivity contribution in [1.29, 1.82) is 0 Å². The van der Waals surface area contributed by atoms with E-state index in [1.54, 1.807) is 12.1 Å². The van der Waals surface area contributed by atoms with Gasteiger partial charge in [0.05, 0.1) is 10.2 Å². The van der Waals surface area contributed by atoms with E-state index in [0.717, 1.165) is 25.9 Å². The molecule has 0 atom stereocenters. The number of rotatable bonds is 6. The molecule has 1 aromatic rings. The van der Waals surface area contributed by atoms with Crippen molar-refractivity contribution in [2.75, 3.05) is 18.0 Å². The summed E-state index contributed by atoms with van der Waals surface area (Å²) in [6.07, 6.45) is 1.89. The van der Waals surface area contributed by atoms with Crippen LogP contribution in [0.4, 0.5) is 10.1 Å². The van der Waals surface area contributed by atoms with E-state index in [0.29, 0.717) is 11.3 Å². The molecule has 0 aromatic heterocycles. The van der Waals surface area contributed by atoms with Crippen LogP contribution < -0.4 is 10.6 Å². The second-order valence-electron chi connectivity index (χ2n) is 4.23. The van der Waals surface area contributed by atoms with Crippen LogP contribution in [0.1, 0.15) is 32.3 Å². The zero-order valence-corrected chi connectivity index (χ0v) is 12.7. The summed E-state index contributed by atoms with van der Waals surface area (Å²) >= 11 is 3.17. The summed E-state index contributed by atoms with van der Waals surface area (Å²) in [6, 6.07) is 3.31. The molecule has 4 nitrogen and oxygen atoms in total. The van der Waals surface area contributed by atoms with E-state index in [2.05, 4.69) is 34.9 Å². The maximum Gasteiger partial charge on any atom is 0.171 e. The molecule has 0 spiro atoms. The van der Waals surface area contributed by atoms with Crippen molar-refractivity contribution in [2.24, 2.45) is 10.9 Å². The first kappa shape index (κ1) is 15.8. The van der Waals surface area contributed by atoms with Gasteiger partial charge >= 0.3 is 0 Å². The monoisotopic (exact) mass is 331 g/mol. The van der Waals surface area contributed by atoms with Gasteiger partial charge in [-0.3, -0.25) is 0 Å². The van der Waals surface area contributed by atoms with Crippen LogP contribution in [-0.4, -0.2) is 24.1 Å². The topological polar surface area (TPSA) is 61.8 Å². The maximum atomic E-state index is 14.4. The molecule has 0 heterocycles. The number of oxime groups is 1. The van der Waals surface area contributed by atoms with E-state index in [9.17, 15) is 4.39 Å². The molecule has 0 saturated carbocycles. The van der Waals surface area contributed by atoms with Gasteiger partial charge in [-0.2, -0.15) is 0 Å². The number of hydrogen-bond donors (Lipinski definition) is 2. The summed E-state index contributed by atoms with van der Waals surface area (Å²) in [5.74, 6) is -0.499. The second kappa shape index (κ2) is 7.33. The Morgan fingerprint density at radius 2 is 1.95 bits per heavy atom. The van der Waals surface area contributed by atoms with E-state index in [4.69, 9.17) is 10.9 Å². The van der Waals surface area contributed by atoms with Crippen molar-refractivity contribution in [3.05, 3.63) is 28.0 Å². The van der Waals surface area contributed by atoms with Gasteiger partial charge in [0.15, 0.2) is 11.7 Å². The van der Waals surface area contributed by atoms with Crippen LogP contribution in [-0.2, 0) is 0 Å². The van der Waals surface area contributed by atoms with Crippen molar-refractivity contribution in [3.63, 3.8) is 0 Å². The van der Waals surface area contributed by atoms with Crippen LogP contribution in [0.25, 0.3) is 0 Å². The summed E-state index contributed by atoms with van der Waals surface area (Å²) in [5, 5.41) is 11.6. The Morgan fingerprint density at radius 3 is 2.42 bits per heavy atom. The number of hydrogen-bond acceptors (Lipinski definition) is 3. The van der Waals surface area contributed by atoms with Gasteiger partial charge in [-0.1, -0.05) is 19.0 Å². The zero-order valence-electron chi connectivity index (χ0n) is 11.2. The Morgan fingerprint density at radius 1 is 1.37 bits per heavy atom. The summed E-state index contributed by atoms with van der Waals surface area (Å²) < 4.78 is 14.6. The van der Waals surface area contributed by atoms with Gasteiger partial charge in [0.1, 0.15) is 0 Å². The van der Waals surface area contributed by atoms with Gasteiger partial charge in [-0.15, -0.1) is 0 Å². The second-order valence-corrected chi connectivity index (χ2v) is 5.03. The number of benzene rings is 1. The summed E-state index contributed by atoms with van der Waals surface area (Å²) in [6.45, 7) is 5.70. The van der Waals surface area contributed by atoms with Crippen molar-refractivity contribution in [1.82, 2.24) is 0 Å². The first-order valence-electron chi connectivity index (χ1n) is 6.27. The van der Waals surface area contributed by atoms with Gasteiger partial charge < -0.3 is 15.8 Å². The van der Waals surface area contributed by atoms with Crippen molar-refractivity contribution in [3.8, 4) is 0 Å². The van der Waals surface area contributed by atoms with E-state index < -0.39 is 0 Å². The SMILES string of the molecule is CCCN(CCC)c1ccc(/C(N)=N/O)c(Br)c1F. The number of halogens is 2. The smallest absolute Gasteiger partial charge is 0.171 e. The average Bonchev–Trinajstić information content (AvgIpc) is 2.41. The first-order chi connectivity index (χ1) is 9.06. The zero-order chi connectivity index (χ0) is 14.4. The van der Waals surface area contributed by atoms with Crippen LogP contribution in [0.15, 0.2) is 21.8 Å². The van der Waals surface area contributed by atoms with Gasteiger partial charge in [0.2, 0.25) is 0 Å². The van der Waals surface area contributed by atoms with Gasteiger partial charge in [0.25, 0.3) is 0 Å². The van der Waals surface area contributed by atoms with Crippen molar-refractivity contribution >= 4 is 27.5 Å². The third-order valence-electron chi connectivity index (χ3n) is 2.77. The van der Waals surface area contributed by atoms with E-state index >= 15 is 0 Å². The molecule has 106 valence electrons. The predicted molar refractivity (Wildman–Crippen MR) is 79.4 cm³/mol. The van der Waals surface area contributed by atoms with Crippen molar-refractivity contribution in [2.45, 2.75) is 26.7 Å². The molecule has 0 aliphatic carbocycles. The van der Waals surface area contributed by atoms with Crippen LogP contribution in [0.3, 0.4) is 0 Å². The van der Waals surface area contributed by atoms with E-state index in [1.807, 2.05) is 4.90 Å². The average molecular weight is 332 g/mol. The quantitative estimate of drug-likeness (QED) is 0.364. The lowest BCUT2D eigenvalue weighted by atomic mass is 10.1.